The number of hydrogen-bond donors (Lipinski definition) is 0. The van der Waals surface area contributed by atoms with Crippen molar-refractivity contribution in [2.75, 3.05) is 13.2 Å². The van der Waals surface area contributed by atoms with E-state index in [4.69, 9.17) is 9.47 Å². The molecule has 3 heteroatoms. The zero-order valence-electron chi connectivity index (χ0n) is 13.8. The second-order valence-corrected chi connectivity index (χ2v) is 6.08. The van der Waals surface area contributed by atoms with Crippen molar-refractivity contribution in [3.05, 3.63) is 35.4 Å². The molecule has 0 spiro atoms. The second-order valence-electron chi connectivity index (χ2n) is 6.08. The van der Waals surface area contributed by atoms with Crippen LogP contribution in [0, 0.1) is 6.92 Å². The highest BCUT2D eigenvalue weighted by Gasteiger charge is 2.21. The summed E-state index contributed by atoms with van der Waals surface area (Å²) >= 11 is 0. The zero-order valence-corrected chi connectivity index (χ0v) is 13.8. The third-order valence-electron chi connectivity index (χ3n) is 3.35. The van der Waals surface area contributed by atoms with E-state index in [1.54, 1.807) is 0 Å². The van der Waals surface area contributed by atoms with Crippen molar-refractivity contribution < 1.29 is 14.3 Å². The fraction of sp³-hybridized carbons (Fsp3) is 0.611. The molecule has 0 heterocycles. The minimum atomic E-state index is -0.367. The maximum absolute atomic E-state index is 11.7. The molecule has 118 valence electrons. The molecule has 0 saturated carbocycles. The van der Waals surface area contributed by atoms with Gasteiger partial charge in [0, 0.05) is 0 Å². The highest BCUT2D eigenvalue weighted by Crippen LogP contribution is 2.17. The first-order chi connectivity index (χ1) is 9.93. The Kier molecular flexibility index (Phi) is 7.44. The van der Waals surface area contributed by atoms with E-state index < -0.39 is 0 Å². The number of carbonyl (C=O) groups is 1. The Hall–Kier alpha value is -1.35. The molecular weight excluding hydrogens is 264 g/mol. The lowest BCUT2D eigenvalue weighted by Gasteiger charge is -2.24. The summed E-state index contributed by atoms with van der Waals surface area (Å²) in [5.41, 5.74) is 2.15. The van der Waals surface area contributed by atoms with Crippen LogP contribution in [0.3, 0.4) is 0 Å². The average Bonchev–Trinajstić information content (AvgIpc) is 2.39. The summed E-state index contributed by atoms with van der Waals surface area (Å²) in [6.45, 7) is 9.12. The number of rotatable bonds is 9. The van der Waals surface area contributed by atoms with Gasteiger partial charge < -0.3 is 9.47 Å². The first kappa shape index (κ1) is 17.7. The number of esters is 1. The molecule has 0 N–H and O–H groups in total. The summed E-state index contributed by atoms with van der Waals surface area (Å²) in [5, 5.41) is 0. The summed E-state index contributed by atoms with van der Waals surface area (Å²) in [6.07, 6.45) is 3.08. The maximum Gasteiger partial charge on any atom is 0.308 e. The van der Waals surface area contributed by atoms with Crippen LogP contribution < -0.4 is 0 Å². The number of aryl methyl sites for hydroxylation is 1. The lowest BCUT2D eigenvalue weighted by Crippen LogP contribution is -2.28. The Morgan fingerprint density at radius 2 is 1.81 bits per heavy atom. The van der Waals surface area contributed by atoms with E-state index in [2.05, 4.69) is 38.1 Å². The molecule has 0 bridgehead atoms. The Labute approximate surface area is 128 Å². The Morgan fingerprint density at radius 1 is 1.14 bits per heavy atom. The van der Waals surface area contributed by atoms with Crippen LogP contribution in [0.2, 0.25) is 0 Å². The molecule has 0 amide bonds. The highest BCUT2D eigenvalue weighted by molar-refractivity contribution is 5.69. The molecule has 0 fully saturated rings. The number of hydrogen-bond acceptors (Lipinski definition) is 3. The summed E-state index contributed by atoms with van der Waals surface area (Å²) in [7, 11) is 0. The van der Waals surface area contributed by atoms with E-state index >= 15 is 0 Å². The van der Waals surface area contributed by atoms with Gasteiger partial charge in [-0.15, -0.1) is 0 Å². The van der Waals surface area contributed by atoms with Crippen LogP contribution in [-0.2, 0) is 20.7 Å². The monoisotopic (exact) mass is 292 g/mol. The van der Waals surface area contributed by atoms with Crippen LogP contribution in [0.4, 0.5) is 0 Å². The quantitative estimate of drug-likeness (QED) is 0.508. The zero-order chi connectivity index (χ0) is 15.7. The molecule has 0 aromatic heterocycles. The smallest absolute Gasteiger partial charge is 0.308 e. The molecule has 0 unspecified atom stereocenters. The van der Waals surface area contributed by atoms with Crippen LogP contribution in [-0.4, -0.2) is 24.8 Å². The van der Waals surface area contributed by atoms with Gasteiger partial charge in [0.25, 0.3) is 0 Å². The standard InChI is InChI=1S/C18H28O3/c1-5-12-18(3,4)21-17(19)11-14-20-13-10-16-8-6-15(2)7-9-16/h6-9H,5,10-14H2,1-4H3. The normalized spacial score (nSPS) is 11.4. The fourth-order valence-corrected chi connectivity index (χ4v) is 2.21. The highest BCUT2D eigenvalue weighted by atomic mass is 16.6. The van der Waals surface area contributed by atoms with Crippen molar-refractivity contribution >= 4 is 5.97 Å². The van der Waals surface area contributed by atoms with Crippen molar-refractivity contribution in [2.24, 2.45) is 0 Å². The van der Waals surface area contributed by atoms with Crippen molar-refractivity contribution in [1.82, 2.24) is 0 Å². The average molecular weight is 292 g/mol. The summed E-state index contributed by atoms with van der Waals surface area (Å²) in [5.74, 6) is -0.177. The van der Waals surface area contributed by atoms with E-state index in [0.29, 0.717) is 19.6 Å². The minimum Gasteiger partial charge on any atom is -0.460 e. The Bertz CT molecular complexity index is 421. The van der Waals surface area contributed by atoms with E-state index in [1.807, 2.05) is 13.8 Å². The first-order valence-corrected chi connectivity index (χ1v) is 7.78. The van der Waals surface area contributed by atoms with Gasteiger partial charge in [-0.25, -0.2) is 0 Å². The van der Waals surface area contributed by atoms with E-state index in [-0.39, 0.29) is 11.6 Å². The van der Waals surface area contributed by atoms with E-state index in [1.165, 1.54) is 11.1 Å². The molecule has 1 aromatic rings. The van der Waals surface area contributed by atoms with Gasteiger partial charge >= 0.3 is 5.97 Å². The van der Waals surface area contributed by atoms with Gasteiger partial charge in [-0.2, -0.15) is 0 Å². The number of carbonyl (C=O) groups excluding carboxylic acids is 1. The van der Waals surface area contributed by atoms with Crippen LogP contribution in [0.1, 0.15) is 51.2 Å². The lowest BCUT2D eigenvalue weighted by molar-refractivity contribution is -0.158. The van der Waals surface area contributed by atoms with Gasteiger partial charge in [-0.3, -0.25) is 4.79 Å². The van der Waals surface area contributed by atoms with Gasteiger partial charge in [0.15, 0.2) is 0 Å². The SMILES string of the molecule is CCCC(C)(C)OC(=O)CCOCCc1ccc(C)cc1. The first-order valence-electron chi connectivity index (χ1n) is 7.78. The number of ether oxygens (including phenoxy) is 2. The molecule has 0 aliphatic heterocycles. The third-order valence-corrected chi connectivity index (χ3v) is 3.35. The molecule has 0 atom stereocenters. The third kappa shape index (κ3) is 7.86. The van der Waals surface area contributed by atoms with Crippen molar-refractivity contribution in [1.29, 1.82) is 0 Å². The molecule has 0 aliphatic rings. The topological polar surface area (TPSA) is 35.5 Å². The summed E-state index contributed by atoms with van der Waals surface area (Å²) in [4.78, 5) is 11.7. The predicted octanol–water partition coefficient (Wildman–Crippen LogP) is 4.07. The van der Waals surface area contributed by atoms with Crippen LogP contribution in [0.15, 0.2) is 24.3 Å². The molecule has 0 aliphatic carbocycles. The van der Waals surface area contributed by atoms with Gasteiger partial charge in [-0.05, 0) is 39.2 Å². The van der Waals surface area contributed by atoms with E-state index in [9.17, 15) is 4.79 Å². The predicted molar refractivity (Wildman–Crippen MR) is 85.4 cm³/mol. The van der Waals surface area contributed by atoms with Gasteiger partial charge in [0.05, 0.1) is 19.6 Å². The van der Waals surface area contributed by atoms with Crippen molar-refractivity contribution in [3.63, 3.8) is 0 Å². The molecule has 1 rings (SSSR count). The molecule has 3 nitrogen and oxygen atoms in total. The summed E-state index contributed by atoms with van der Waals surface area (Å²) < 4.78 is 10.9. The fourth-order valence-electron chi connectivity index (χ4n) is 2.21. The molecule has 0 saturated heterocycles. The summed E-state index contributed by atoms with van der Waals surface area (Å²) in [6, 6.07) is 8.42. The van der Waals surface area contributed by atoms with Crippen LogP contribution in [0.5, 0.6) is 0 Å². The number of benzene rings is 1. The lowest BCUT2D eigenvalue weighted by atomic mass is 10.0. The second kappa shape index (κ2) is 8.83. The van der Waals surface area contributed by atoms with Crippen LogP contribution in [0.25, 0.3) is 0 Å². The van der Waals surface area contributed by atoms with Crippen molar-refractivity contribution in [3.8, 4) is 0 Å². The maximum atomic E-state index is 11.7. The Morgan fingerprint density at radius 3 is 2.43 bits per heavy atom. The van der Waals surface area contributed by atoms with Crippen molar-refractivity contribution in [2.45, 2.75) is 59.0 Å². The van der Waals surface area contributed by atoms with Gasteiger partial charge in [0.2, 0.25) is 0 Å². The van der Waals surface area contributed by atoms with E-state index in [0.717, 1.165) is 19.3 Å². The Balaban J connectivity index is 2.13. The molecule has 1 aromatic carbocycles. The molecule has 21 heavy (non-hydrogen) atoms. The largest absolute Gasteiger partial charge is 0.460 e. The van der Waals surface area contributed by atoms with Crippen LogP contribution >= 0.6 is 0 Å². The van der Waals surface area contributed by atoms with Gasteiger partial charge in [-0.1, -0.05) is 43.2 Å². The molecular formula is C18H28O3. The minimum absolute atomic E-state index is 0.177. The van der Waals surface area contributed by atoms with Gasteiger partial charge in [0.1, 0.15) is 5.60 Å². The molecule has 0 radical (unpaired) electrons.